The summed E-state index contributed by atoms with van der Waals surface area (Å²) in [5.74, 6) is -0.261. The summed E-state index contributed by atoms with van der Waals surface area (Å²) in [4.78, 5) is 12.7. The number of benzene rings is 3. The molecule has 0 unspecified atom stereocenters. The van der Waals surface area contributed by atoms with Crippen LogP contribution in [-0.2, 0) is 14.8 Å². The number of anilines is 1. The van der Waals surface area contributed by atoms with Gasteiger partial charge in [-0.3, -0.25) is 10.1 Å². The predicted octanol–water partition coefficient (Wildman–Crippen LogP) is 3.22. The third-order valence-corrected chi connectivity index (χ3v) is 6.32. The van der Waals surface area contributed by atoms with Gasteiger partial charge in [0.1, 0.15) is 0 Å². The summed E-state index contributed by atoms with van der Waals surface area (Å²) in [6.45, 7) is 1.78. The van der Waals surface area contributed by atoms with Crippen LogP contribution in [0.4, 0.5) is 5.69 Å². The standard InChI is InChI=1S/C23H25N3O3S/c1-17-13-14-20(15-21(17)30(28,29)24-2)26-22(27)16-25-23(18-9-5-3-6-10-18)19-11-7-4-8-12-19/h3-15,23-25H,16H2,1-2H3,(H,26,27). The molecule has 0 aromatic heterocycles. The number of aryl methyl sites for hydroxylation is 1. The molecule has 0 bridgehead atoms. The zero-order chi connectivity index (χ0) is 21.6. The summed E-state index contributed by atoms with van der Waals surface area (Å²) in [5, 5.41) is 6.07. The lowest BCUT2D eigenvalue weighted by atomic mass is 9.99. The molecule has 0 aliphatic carbocycles. The van der Waals surface area contributed by atoms with E-state index in [1.54, 1.807) is 19.1 Å². The smallest absolute Gasteiger partial charge is 0.240 e. The molecule has 6 nitrogen and oxygen atoms in total. The third kappa shape index (κ3) is 5.33. The maximum absolute atomic E-state index is 12.6. The van der Waals surface area contributed by atoms with Crippen LogP contribution in [0.1, 0.15) is 22.7 Å². The fourth-order valence-corrected chi connectivity index (χ4v) is 4.19. The molecule has 0 atom stereocenters. The Morgan fingerprint density at radius 1 is 0.900 bits per heavy atom. The molecule has 30 heavy (non-hydrogen) atoms. The highest BCUT2D eigenvalue weighted by atomic mass is 32.2. The Hall–Kier alpha value is -3.00. The molecule has 3 aromatic rings. The van der Waals surface area contributed by atoms with E-state index in [0.717, 1.165) is 11.1 Å². The van der Waals surface area contributed by atoms with Gasteiger partial charge in [-0.1, -0.05) is 66.7 Å². The van der Waals surface area contributed by atoms with E-state index in [0.29, 0.717) is 11.3 Å². The number of rotatable bonds is 8. The van der Waals surface area contributed by atoms with Crippen molar-refractivity contribution in [3.05, 3.63) is 95.6 Å². The van der Waals surface area contributed by atoms with Crippen LogP contribution in [0.5, 0.6) is 0 Å². The van der Waals surface area contributed by atoms with Crippen molar-refractivity contribution in [3.63, 3.8) is 0 Å². The minimum atomic E-state index is -3.60. The number of carbonyl (C=O) groups is 1. The normalized spacial score (nSPS) is 11.4. The van der Waals surface area contributed by atoms with Crippen LogP contribution in [0, 0.1) is 6.92 Å². The van der Waals surface area contributed by atoms with Crippen molar-refractivity contribution in [2.24, 2.45) is 0 Å². The zero-order valence-corrected chi connectivity index (χ0v) is 17.7. The van der Waals surface area contributed by atoms with Crippen molar-refractivity contribution in [2.75, 3.05) is 18.9 Å². The van der Waals surface area contributed by atoms with E-state index in [1.165, 1.54) is 13.1 Å². The molecule has 7 heteroatoms. The summed E-state index contributed by atoms with van der Waals surface area (Å²) >= 11 is 0. The first-order chi connectivity index (χ1) is 14.4. The van der Waals surface area contributed by atoms with E-state index >= 15 is 0 Å². The van der Waals surface area contributed by atoms with Crippen molar-refractivity contribution >= 4 is 21.6 Å². The molecule has 0 aliphatic rings. The summed E-state index contributed by atoms with van der Waals surface area (Å²) in [6, 6.07) is 24.5. The first-order valence-electron chi connectivity index (χ1n) is 9.58. The second-order valence-corrected chi connectivity index (χ2v) is 8.73. The molecule has 0 heterocycles. The Morgan fingerprint density at radius 2 is 1.47 bits per heavy atom. The highest BCUT2D eigenvalue weighted by Gasteiger charge is 2.17. The molecule has 156 valence electrons. The van der Waals surface area contributed by atoms with Crippen molar-refractivity contribution in [1.29, 1.82) is 0 Å². The van der Waals surface area contributed by atoms with Gasteiger partial charge >= 0.3 is 0 Å². The number of amides is 1. The SMILES string of the molecule is CNS(=O)(=O)c1cc(NC(=O)CNC(c2ccccc2)c2ccccc2)ccc1C. The molecule has 1 amide bonds. The van der Waals surface area contributed by atoms with Crippen LogP contribution in [0.2, 0.25) is 0 Å². The number of hydrogen-bond acceptors (Lipinski definition) is 4. The van der Waals surface area contributed by atoms with E-state index in [-0.39, 0.29) is 23.4 Å². The highest BCUT2D eigenvalue weighted by molar-refractivity contribution is 7.89. The van der Waals surface area contributed by atoms with Gasteiger partial charge in [0.05, 0.1) is 17.5 Å². The average Bonchev–Trinajstić information content (AvgIpc) is 2.76. The fraction of sp³-hybridized carbons (Fsp3) is 0.174. The van der Waals surface area contributed by atoms with Gasteiger partial charge in [0.25, 0.3) is 0 Å². The van der Waals surface area contributed by atoms with Crippen molar-refractivity contribution in [1.82, 2.24) is 10.0 Å². The van der Waals surface area contributed by atoms with Crippen LogP contribution in [0.15, 0.2) is 83.8 Å². The van der Waals surface area contributed by atoms with E-state index in [2.05, 4.69) is 15.4 Å². The molecular weight excluding hydrogens is 398 g/mol. The molecular formula is C23H25N3O3S. The fourth-order valence-electron chi connectivity index (χ4n) is 3.20. The molecule has 0 saturated heterocycles. The highest BCUT2D eigenvalue weighted by Crippen LogP contribution is 2.22. The van der Waals surface area contributed by atoms with Gasteiger partial charge in [-0.2, -0.15) is 0 Å². The number of carbonyl (C=O) groups excluding carboxylic acids is 1. The Morgan fingerprint density at radius 3 is 2.00 bits per heavy atom. The van der Waals surface area contributed by atoms with Crippen LogP contribution in [0.25, 0.3) is 0 Å². The Labute approximate surface area is 177 Å². The summed E-state index contributed by atoms with van der Waals surface area (Å²) in [6.07, 6.45) is 0. The van der Waals surface area contributed by atoms with Crippen molar-refractivity contribution in [3.8, 4) is 0 Å². The monoisotopic (exact) mass is 423 g/mol. The lowest BCUT2D eigenvalue weighted by Crippen LogP contribution is -2.32. The van der Waals surface area contributed by atoms with Gasteiger partial charge in [0.15, 0.2) is 0 Å². The van der Waals surface area contributed by atoms with Crippen molar-refractivity contribution < 1.29 is 13.2 Å². The Kier molecular flexibility index (Phi) is 6.99. The minimum Gasteiger partial charge on any atom is -0.325 e. The maximum Gasteiger partial charge on any atom is 0.240 e. The van der Waals surface area contributed by atoms with Crippen LogP contribution < -0.4 is 15.4 Å². The number of nitrogens with one attached hydrogen (secondary N) is 3. The van der Waals surface area contributed by atoms with Gasteiger partial charge in [0, 0.05) is 5.69 Å². The van der Waals surface area contributed by atoms with Gasteiger partial charge < -0.3 is 5.32 Å². The molecule has 3 rings (SSSR count). The first-order valence-corrected chi connectivity index (χ1v) is 11.1. The van der Waals surface area contributed by atoms with Gasteiger partial charge in [-0.25, -0.2) is 13.1 Å². The zero-order valence-electron chi connectivity index (χ0n) is 16.9. The number of sulfonamides is 1. The Balaban J connectivity index is 1.73. The molecule has 0 spiro atoms. The molecule has 0 fully saturated rings. The third-order valence-electron chi connectivity index (χ3n) is 4.76. The Bertz CT molecular complexity index is 1060. The summed E-state index contributed by atoms with van der Waals surface area (Å²) in [5.41, 5.74) is 3.13. The molecule has 0 aliphatic heterocycles. The van der Waals surface area contributed by atoms with Crippen LogP contribution in [-0.4, -0.2) is 27.9 Å². The lowest BCUT2D eigenvalue weighted by Gasteiger charge is -2.20. The second-order valence-electron chi connectivity index (χ2n) is 6.87. The van der Waals surface area contributed by atoms with Crippen LogP contribution in [0.3, 0.4) is 0 Å². The minimum absolute atomic E-state index is 0.0659. The van der Waals surface area contributed by atoms with Gasteiger partial charge in [-0.05, 0) is 42.8 Å². The quantitative estimate of drug-likeness (QED) is 0.519. The largest absolute Gasteiger partial charge is 0.325 e. The van der Waals surface area contributed by atoms with E-state index in [1.807, 2.05) is 60.7 Å². The number of hydrogen-bond donors (Lipinski definition) is 3. The molecule has 0 radical (unpaired) electrons. The summed E-state index contributed by atoms with van der Waals surface area (Å²) < 4.78 is 26.6. The average molecular weight is 424 g/mol. The van der Waals surface area contributed by atoms with Gasteiger partial charge in [0.2, 0.25) is 15.9 Å². The molecule has 3 N–H and O–H groups in total. The second kappa shape index (κ2) is 9.67. The van der Waals surface area contributed by atoms with E-state index < -0.39 is 10.0 Å². The lowest BCUT2D eigenvalue weighted by molar-refractivity contribution is -0.115. The molecule has 0 saturated carbocycles. The van der Waals surface area contributed by atoms with Gasteiger partial charge in [-0.15, -0.1) is 0 Å². The molecule has 3 aromatic carbocycles. The van der Waals surface area contributed by atoms with Crippen LogP contribution >= 0.6 is 0 Å². The predicted molar refractivity (Wildman–Crippen MR) is 119 cm³/mol. The first kappa shape index (κ1) is 21.7. The maximum atomic E-state index is 12.6. The topological polar surface area (TPSA) is 87.3 Å². The van der Waals surface area contributed by atoms with Crippen molar-refractivity contribution in [2.45, 2.75) is 17.9 Å². The summed E-state index contributed by atoms with van der Waals surface area (Å²) in [7, 11) is -2.24. The van der Waals surface area contributed by atoms with E-state index in [9.17, 15) is 13.2 Å². The van der Waals surface area contributed by atoms with E-state index in [4.69, 9.17) is 0 Å².